The number of benzene rings is 1. The molecule has 2 aromatic rings. The predicted octanol–water partition coefficient (Wildman–Crippen LogP) is 2.65. The molecule has 0 bridgehead atoms. The molecule has 0 aliphatic heterocycles. The number of aryl methyl sites for hydroxylation is 1. The smallest absolute Gasteiger partial charge is 0.256 e. The molecule has 1 heterocycles. The Morgan fingerprint density at radius 1 is 1.44 bits per heavy atom. The second-order valence-corrected chi connectivity index (χ2v) is 4.97. The van der Waals surface area contributed by atoms with E-state index >= 15 is 0 Å². The highest BCUT2D eigenvalue weighted by atomic mass is 79.9. The number of rotatable bonds is 2. The molecule has 0 aliphatic rings. The maximum Gasteiger partial charge on any atom is 0.256 e. The van der Waals surface area contributed by atoms with Crippen molar-refractivity contribution in [3.63, 3.8) is 0 Å². The number of nitrogens with zero attached hydrogens (tertiary/aromatic N) is 1. The van der Waals surface area contributed by atoms with Crippen LogP contribution in [0.4, 0.5) is 5.82 Å². The number of nitrogens with two attached hydrogens (primary N) is 1. The van der Waals surface area contributed by atoms with E-state index < -0.39 is 0 Å². The van der Waals surface area contributed by atoms with Crippen molar-refractivity contribution in [1.29, 1.82) is 0 Å². The van der Waals surface area contributed by atoms with E-state index in [2.05, 4.69) is 25.9 Å². The van der Waals surface area contributed by atoms with Crippen molar-refractivity contribution < 1.29 is 0 Å². The highest BCUT2D eigenvalue weighted by Gasteiger charge is 2.10. The summed E-state index contributed by atoms with van der Waals surface area (Å²) < 4.78 is 0.884. The zero-order chi connectivity index (χ0) is 13.3. The Kier molecular flexibility index (Phi) is 3.52. The third kappa shape index (κ3) is 2.31. The summed E-state index contributed by atoms with van der Waals surface area (Å²) in [5, 5.41) is 0. The molecule has 5 heteroatoms. The number of hydrogen-bond acceptors (Lipinski definition) is 3. The maximum absolute atomic E-state index is 11.9. The minimum absolute atomic E-state index is 0.174. The Bertz CT molecular complexity index is 649. The first-order valence-electron chi connectivity index (χ1n) is 5.68. The summed E-state index contributed by atoms with van der Waals surface area (Å²) in [4.78, 5) is 18.9. The molecule has 94 valence electrons. The fraction of sp³-hybridized carbons (Fsp3) is 0.231. The summed E-state index contributed by atoms with van der Waals surface area (Å²) in [7, 11) is 0. The highest BCUT2D eigenvalue weighted by molar-refractivity contribution is 9.10. The summed E-state index contributed by atoms with van der Waals surface area (Å²) in [6.45, 7) is 3.88. The van der Waals surface area contributed by atoms with Gasteiger partial charge in [-0.1, -0.05) is 28.9 Å². The number of halogens is 1. The minimum atomic E-state index is -0.174. The highest BCUT2D eigenvalue weighted by Crippen LogP contribution is 2.26. The first-order chi connectivity index (χ1) is 8.52. The summed E-state index contributed by atoms with van der Waals surface area (Å²) in [6.07, 6.45) is 0.573. The number of nitrogens with one attached hydrogen (secondary N) is 1. The number of aromatic amines is 1. The molecule has 1 aromatic heterocycles. The van der Waals surface area contributed by atoms with E-state index in [1.807, 2.05) is 32.0 Å². The number of hydrogen-bond donors (Lipinski definition) is 2. The van der Waals surface area contributed by atoms with E-state index in [0.29, 0.717) is 23.6 Å². The largest absolute Gasteiger partial charge is 0.383 e. The Balaban J connectivity index is 2.62. The summed E-state index contributed by atoms with van der Waals surface area (Å²) in [5.41, 5.74) is 8.12. The van der Waals surface area contributed by atoms with E-state index in [9.17, 15) is 4.79 Å². The predicted molar refractivity (Wildman–Crippen MR) is 76.5 cm³/mol. The number of nitrogen functional groups attached to an aromatic ring is 1. The lowest BCUT2D eigenvalue weighted by Crippen LogP contribution is -2.17. The molecule has 18 heavy (non-hydrogen) atoms. The monoisotopic (exact) mass is 307 g/mol. The molecule has 3 N–H and O–H groups in total. The van der Waals surface area contributed by atoms with Crippen molar-refractivity contribution in [3.05, 3.63) is 44.2 Å². The van der Waals surface area contributed by atoms with Gasteiger partial charge in [-0.25, -0.2) is 4.98 Å². The lowest BCUT2D eigenvalue weighted by molar-refractivity contribution is 1.02. The van der Waals surface area contributed by atoms with E-state index in [4.69, 9.17) is 5.73 Å². The second kappa shape index (κ2) is 4.94. The van der Waals surface area contributed by atoms with Crippen LogP contribution in [0.3, 0.4) is 0 Å². The van der Waals surface area contributed by atoms with Crippen LogP contribution in [0.1, 0.15) is 18.1 Å². The van der Waals surface area contributed by atoms with Crippen LogP contribution < -0.4 is 11.3 Å². The van der Waals surface area contributed by atoms with Gasteiger partial charge in [0, 0.05) is 10.0 Å². The number of H-pyrrole nitrogens is 1. The van der Waals surface area contributed by atoms with Gasteiger partial charge >= 0.3 is 0 Å². The van der Waals surface area contributed by atoms with Gasteiger partial charge in [-0.15, -0.1) is 0 Å². The summed E-state index contributed by atoms with van der Waals surface area (Å²) in [6, 6.07) is 5.84. The molecule has 2 rings (SSSR count). The molecule has 0 aliphatic carbocycles. The first kappa shape index (κ1) is 12.8. The van der Waals surface area contributed by atoms with Crippen molar-refractivity contribution in [2.24, 2.45) is 0 Å². The van der Waals surface area contributed by atoms with Crippen LogP contribution >= 0.6 is 15.9 Å². The Morgan fingerprint density at radius 3 is 2.72 bits per heavy atom. The number of anilines is 1. The molecule has 0 fully saturated rings. The van der Waals surface area contributed by atoms with Crippen molar-refractivity contribution in [3.8, 4) is 11.4 Å². The van der Waals surface area contributed by atoms with Crippen molar-refractivity contribution in [2.75, 3.05) is 5.73 Å². The number of aromatic nitrogens is 2. The maximum atomic E-state index is 11.9. The van der Waals surface area contributed by atoms with Crippen LogP contribution in [0, 0.1) is 6.92 Å². The van der Waals surface area contributed by atoms with E-state index in [-0.39, 0.29) is 5.56 Å². The lowest BCUT2D eigenvalue weighted by atomic mass is 10.1. The third-order valence-electron chi connectivity index (χ3n) is 2.78. The van der Waals surface area contributed by atoms with Gasteiger partial charge in [-0.3, -0.25) is 4.79 Å². The average molecular weight is 308 g/mol. The topological polar surface area (TPSA) is 71.8 Å². The van der Waals surface area contributed by atoms with Crippen LogP contribution in [-0.2, 0) is 6.42 Å². The van der Waals surface area contributed by atoms with E-state index in [0.717, 1.165) is 15.6 Å². The zero-order valence-electron chi connectivity index (χ0n) is 10.2. The van der Waals surface area contributed by atoms with E-state index in [1.165, 1.54) is 0 Å². The van der Waals surface area contributed by atoms with Crippen LogP contribution in [-0.4, -0.2) is 9.97 Å². The lowest BCUT2D eigenvalue weighted by Gasteiger charge is -2.07. The summed E-state index contributed by atoms with van der Waals surface area (Å²) >= 11 is 3.47. The molecule has 0 saturated heterocycles. The van der Waals surface area contributed by atoms with Gasteiger partial charge in [-0.2, -0.15) is 0 Å². The minimum Gasteiger partial charge on any atom is -0.383 e. The van der Waals surface area contributed by atoms with Gasteiger partial charge in [0.25, 0.3) is 5.56 Å². The first-order valence-corrected chi connectivity index (χ1v) is 6.47. The molecule has 0 radical (unpaired) electrons. The second-order valence-electron chi connectivity index (χ2n) is 4.12. The zero-order valence-corrected chi connectivity index (χ0v) is 11.8. The van der Waals surface area contributed by atoms with Crippen molar-refractivity contribution in [1.82, 2.24) is 9.97 Å². The molecule has 0 unspecified atom stereocenters. The quantitative estimate of drug-likeness (QED) is 0.896. The average Bonchev–Trinajstić information content (AvgIpc) is 2.28. The fourth-order valence-corrected chi connectivity index (χ4v) is 2.48. The van der Waals surface area contributed by atoms with Crippen LogP contribution in [0.5, 0.6) is 0 Å². The van der Waals surface area contributed by atoms with Gasteiger partial charge in [0.15, 0.2) is 0 Å². The molecule has 4 nitrogen and oxygen atoms in total. The molecular formula is C13H14BrN3O. The van der Waals surface area contributed by atoms with Gasteiger partial charge in [0.2, 0.25) is 0 Å². The Hall–Kier alpha value is -1.62. The van der Waals surface area contributed by atoms with E-state index in [1.54, 1.807) is 0 Å². The van der Waals surface area contributed by atoms with Crippen molar-refractivity contribution >= 4 is 21.7 Å². The van der Waals surface area contributed by atoms with Crippen LogP contribution in [0.15, 0.2) is 27.5 Å². The molecule has 0 amide bonds. The van der Waals surface area contributed by atoms with Crippen LogP contribution in [0.25, 0.3) is 11.4 Å². The van der Waals surface area contributed by atoms with Gasteiger partial charge in [-0.05, 0) is 31.0 Å². The summed E-state index contributed by atoms with van der Waals surface area (Å²) in [5.74, 6) is 0.783. The van der Waals surface area contributed by atoms with Crippen LogP contribution in [0.2, 0.25) is 0 Å². The van der Waals surface area contributed by atoms with Gasteiger partial charge in [0.1, 0.15) is 11.6 Å². The Labute approximate surface area is 113 Å². The normalized spacial score (nSPS) is 10.6. The molecule has 0 saturated carbocycles. The Morgan fingerprint density at radius 2 is 2.17 bits per heavy atom. The molecular weight excluding hydrogens is 294 g/mol. The standard InChI is InChI=1S/C13H14BrN3O/c1-3-8-11(15)16-12(17-13(8)18)9-5-4-7(2)6-10(9)14/h4-6H,3H2,1-2H3,(H3,15,16,17,18). The SMILES string of the molecule is CCc1c(N)nc(-c2ccc(C)cc2Br)[nH]c1=O. The fourth-order valence-electron chi connectivity index (χ4n) is 1.80. The molecule has 0 spiro atoms. The van der Waals surface area contributed by atoms with Gasteiger partial charge in [0.05, 0.1) is 5.56 Å². The third-order valence-corrected chi connectivity index (χ3v) is 3.44. The molecule has 0 atom stereocenters. The van der Waals surface area contributed by atoms with Crippen molar-refractivity contribution in [2.45, 2.75) is 20.3 Å². The molecule has 1 aromatic carbocycles. The van der Waals surface area contributed by atoms with Gasteiger partial charge < -0.3 is 10.7 Å².